The first-order chi connectivity index (χ1) is 54.5. The van der Waals surface area contributed by atoms with E-state index < -0.39 is 24.0 Å². The monoisotopic (exact) mass is 1520 g/mol. The molecule has 0 fully saturated rings. The summed E-state index contributed by atoms with van der Waals surface area (Å²) < 4.78 is 51.0. The summed E-state index contributed by atoms with van der Waals surface area (Å²) in [5, 5.41) is 0. The van der Waals surface area contributed by atoms with E-state index in [1.165, 1.54) is 76.0 Å². The molecular formula is C96H128O15. The third kappa shape index (κ3) is 42.7. The van der Waals surface area contributed by atoms with Gasteiger partial charge in [0.2, 0.25) is 0 Å². The number of rotatable bonds is 62. The van der Waals surface area contributed by atoms with Crippen LogP contribution in [0.1, 0.15) is 269 Å². The number of carbonyl (C=O) groups excluding carboxylic acids is 6. The van der Waals surface area contributed by atoms with Crippen molar-refractivity contribution in [2.75, 3.05) is 52.9 Å². The summed E-state index contributed by atoms with van der Waals surface area (Å²) >= 11 is 0. The molecule has 15 nitrogen and oxygen atoms in total. The molecule has 6 aromatic rings. The normalized spacial score (nSPS) is 11.6. The fourth-order valence-electron chi connectivity index (χ4n) is 12.5. The lowest BCUT2D eigenvalue weighted by molar-refractivity contribution is -0.167. The summed E-state index contributed by atoms with van der Waals surface area (Å²) in [4.78, 5) is 76.4. The number of unbranched alkanes of at least 4 members (excludes halogenated alkanes) is 27. The highest BCUT2D eigenvalue weighted by Crippen LogP contribution is 2.28. The van der Waals surface area contributed by atoms with Crippen molar-refractivity contribution in [1.82, 2.24) is 0 Å². The minimum Gasteiger partial charge on any atom is -0.494 e. The van der Waals surface area contributed by atoms with Crippen molar-refractivity contribution in [3.05, 3.63) is 181 Å². The molecule has 0 aliphatic rings. The van der Waals surface area contributed by atoms with Gasteiger partial charge >= 0.3 is 35.8 Å². The maximum atomic E-state index is 13.1. The van der Waals surface area contributed by atoms with Gasteiger partial charge in [-0.25, -0.2) is 14.4 Å². The van der Waals surface area contributed by atoms with Crippen LogP contribution >= 0.6 is 0 Å². The van der Waals surface area contributed by atoms with Crippen LogP contribution in [0.5, 0.6) is 17.2 Å². The lowest BCUT2D eigenvalue weighted by Gasteiger charge is -2.18. The molecule has 0 saturated heterocycles. The molecule has 0 atom stereocenters. The predicted octanol–water partition coefficient (Wildman–Crippen LogP) is 24.0. The Labute approximate surface area is 664 Å². The zero-order chi connectivity index (χ0) is 78.7. The van der Waals surface area contributed by atoms with Crippen molar-refractivity contribution in [1.29, 1.82) is 0 Å². The van der Waals surface area contributed by atoms with Crippen LogP contribution in [0.15, 0.2) is 164 Å². The van der Waals surface area contributed by atoms with Gasteiger partial charge in [0.25, 0.3) is 0 Å². The van der Waals surface area contributed by atoms with E-state index in [2.05, 4.69) is 57.2 Å². The van der Waals surface area contributed by atoms with Crippen LogP contribution in [0, 0.1) is 0 Å². The molecule has 0 aliphatic carbocycles. The third-order valence-corrected chi connectivity index (χ3v) is 19.3. The van der Waals surface area contributed by atoms with Gasteiger partial charge in [-0.2, -0.15) is 0 Å². The molecule has 15 heteroatoms. The van der Waals surface area contributed by atoms with Crippen molar-refractivity contribution < 1.29 is 71.4 Å². The molecule has 0 aromatic heterocycles. The van der Waals surface area contributed by atoms with Gasteiger partial charge in [0.15, 0.2) is 6.10 Å². The lowest BCUT2D eigenvalue weighted by Crippen LogP contribution is -2.30. The zero-order valence-electron chi connectivity index (χ0n) is 67.1. The molecular weight excluding hydrogens is 1390 g/mol. The molecule has 111 heavy (non-hydrogen) atoms. The van der Waals surface area contributed by atoms with Crippen molar-refractivity contribution in [3.8, 4) is 50.6 Å². The fraction of sp³-hybridized carbons (Fsp3) is 0.500. The van der Waals surface area contributed by atoms with Crippen molar-refractivity contribution in [2.45, 2.75) is 258 Å². The largest absolute Gasteiger partial charge is 0.494 e. The van der Waals surface area contributed by atoms with E-state index in [9.17, 15) is 28.8 Å². The van der Waals surface area contributed by atoms with Gasteiger partial charge in [-0.1, -0.05) is 284 Å². The lowest BCUT2D eigenvalue weighted by atomic mass is 10.0. The Kier molecular flexibility index (Phi) is 47.9. The summed E-state index contributed by atoms with van der Waals surface area (Å²) in [6, 6.07) is 48.6. The van der Waals surface area contributed by atoms with Crippen LogP contribution in [-0.2, 0) is 57.2 Å². The van der Waals surface area contributed by atoms with Crippen LogP contribution in [0.2, 0.25) is 0 Å². The Balaban J connectivity index is 0.802. The van der Waals surface area contributed by atoms with Crippen LogP contribution in [-0.4, -0.2) is 94.8 Å². The van der Waals surface area contributed by atoms with E-state index in [4.69, 9.17) is 42.6 Å². The maximum Gasteiger partial charge on any atom is 0.330 e. The van der Waals surface area contributed by atoms with E-state index >= 15 is 0 Å². The van der Waals surface area contributed by atoms with Crippen molar-refractivity contribution in [2.24, 2.45) is 0 Å². The van der Waals surface area contributed by atoms with Gasteiger partial charge in [0.05, 0.1) is 39.6 Å². The number of esters is 6. The smallest absolute Gasteiger partial charge is 0.330 e. The first-order valence-corrected chi connectivity index (χ1v) is 42.0. The summed E-state index contributed by atoms with van der Waals surface area (Å²) in [5.41, 5.74) is 9.29. The molecule has 0 unspecified atom stereocenters. The molecule has 0 N–H and O–H groups in total. The minimum absolute atomic E-state index is 0.187. The number of hydrogen-bond donors (Lipinski definition) is 0. The summed E-state index contributed by atoms with van der Waals surface area (Å²) in [6.07, 6.45) is 41.8. The molecule has 0 amide bonds. The van der Waals surface area contributed by atoms with Gasteiger partial charge in [-0.15, -0.1) is 0 Å². The zero-order valence-corrected chi connectivity index (χ0v) is 67.1. The van der Waals surface area contributed by atoms with Gasteiger partial charge in [-0.3, -0.25) is 14.4 Å². The van der Waals surface area contributed by atoms with Crippen LogP contribution in [0.4, 0.5) is 0 Å². The highest BCUT2D eigenvalue weighted by atomic mass is 16.6. The average Bonchev–Trinajstić information content (AvgIpc) is 0.865. The Bertz CT molecular complexity index is 3420. The highest BCUT2D eigenvalue weighted by Gasteiger charge is 2.20. The molecule has 0 radical (unpaired) electrons. The Morgan fingerprint density at radius 1 is 0.252 bits per heavy atom. The number of hydrogen-bond acceptors (Lipinski definition) is 15. The quantitative estimate of drug-likeness (QED) is 0.0152. The number of carbonyl (C=O) groups is 6. The Morgan fingerprint density at radius 3 is 0.748 bits per heavy atom. The van der Waals surface area contributed by atoms with E-state index in [-0.39, 0.29) is 50.4 Å². The first-order valence-electron chi connectivity index (χ1n) is 42.0. The van der Waals surface area contributed by atoms with E-state index in [0.717, 1.165) is 222 Å². The molecule has 0 aliphatic heterocycles. The van der Waals surface area contributed by atoms with Gasteiger partial charge in [0.1, 0.15) is 30.5 Å². The Hall–Kier alpha value is -9.24. The molecule has 6 aromatic carbocycles. The highest BCUT2D eigenvalue weighted by molar-refractivity contribution is 5.88. The van der Waals surface area contributed by atoms with E-state index in [1.54, 1.807) is 18.2 Å². The van der Waals surface area contributed by atoms with Crippen molar-refractivity contribution in [3.63, 3.8) is 0 Å². The summed E-state index contributed by atoms with van der Waals surface area (Å²) in [5.74, 6) is 0.302. The topological polar surface area (TPSA) is 185 Å². The maximum absolute atomic E-state index is 13.1. The number of benzene rings is 6. The molecule has 0 heterocycles. The summed E-state index contributed by atoms with van der Waals surface area (Å²) in [7, 11) is 0. The third-order valence-electron chi connectivity index (χ3n) is 19.3. The van der Waals surface area contributed by atoms with Gasteiger partial charge < -0.3 is 42.6 Å². The Morgan fingerprint density at radius 2 is 0.477 bits per heavy atom. The van der Waals surface area contributed by atoms with E-state index in [0.29, 0.717) is 39.1 Å². The average molecular weight is 1520 g/mol. The second-order valence-corrected chi connectivity index (χ2v) is 28.8. The van der Waals surface area contributed by atoms with Crippen LogP contribution in [0.25, 0.3) is 51.6 Å². The van der Waals surface area contributed by atoms with Gasteiger partial charge in [0, 0.05) is 37.5 Å². The molecule has 6 rings (SSSR count). The van der Waals surface area contributed by atoms with E-state index in [1.807, 2.05) is 109 Å². The summed E-state index contributed by atoms with van der Waals surface area (Å²) in [6.45, 7) is 9.46. The molecule has 0 spiro atoms. The standard InChI is InChI=1S/C96H128O15/c1-4-7-10-31-70-103-87-61-55-84(56-62-87)81-49-40-78(41-50-81)46-67-93(99)106-73-34-25-19-13-16-22-28-37-91(97)109-76-90(111-96(102)39-30-24-18-15-21-27-36-75-108-95(101)69-48-80-44-53-83(54-45-80)86-59-65-89(66-60-86)105-72-33-12-9-6-3)77-110-92(98)38-29-23-17-14-20-26-35-74-107-94(100)68-47-79-42-51-82(52-43-79)85-57-63-88(64-58-85)104-71-32-11-8-5-2/h40-69,90H,4-39,70-77H2,1-3H3. The molecule has 602 valence electrons. The van der Waals surface area contributed by atoms with Crippen LogP contribution < -0.4 is 14.2 Å². The second kappa shape index (κ2) is 58.6. The van der Waals surface area contributed by atoms with Crippen LogP contribution in [0.3, 0.4) is 0 Å². The fourth-order valence-corrected chi connectivity index (χ4v) is 12.5. The first kappa shape index (κ1) is 90.6. The predicted molar refractivity (Wildman–Crippen MR) is 447 cm³/mol. The minimum atomic E-state index is -0.928. The second-order valence-electron chi connectivity index (χ2n) is 28.8. The number of ether oxygens (including phenoxy) is 9. The van der Waals surface area contributed by atoms with Crippen molar-refractivity contribution >= 4 is 54.0 Å². The van der Waals surface area contributed by atoms with Gasteiger partial charge in [-0.05, 0) is 162 Å². The SMILES string of the molecule is CCCCCCOc1ccc(-c2ccc(C=CC(=O)OCCCCCCCCCC(=O)OCC(COC(=O)CCCCCCCCCOC(=O)C=Cc3ccc(-c4ccc(OCCCCCC)cc4)cc3)OC(=O)CCCCCCCCCOC(=O)C=Cc3ccc(-c4ccc(OCCCCCC)cc4)cc3)cc2)cc1. The molecule has 0 bridgehead atoms. The molecule has 0 saturated carbocycles.